The van der Waals surface area contributed by atoms with Gasteiger partial charge in [-0.25, -0.2) is 0 Å². The molecule has 0 aliphatic heterocycles. The second-order valence-electron chi connectivity index (χ2n) is 9.52. The molecule has 3 nitrogen and oxygen atoms in total. The van der Waals surface area contributed by atoms with Gasteiger partial charge >= 0.3 is 0 Å². The normalized spacial score (nSPS) is 11.7. The quantitative estimate of drug-likeness (QED) is 0.249. The highest BCUT2D eigenvalue weighted by Gasteiger charge is 2.26. The van der Waals surface area contributed by atoms with Crippen molar-refractivity contribution in [1.29, 1.82) is 0 Å². The van der Waals surface area contributed by atoms with E-state index in [1.807, 2.05) is 48.7 Å². The summed E-state index contributed by atoms with van der Waals surface area (Å²) in [6, 6.07) is 41.7. The lowest BCUT2D eigenvalue weighted by Gasteiger charge is -2.15. The summed E-state index contributed by atoms with van der Waals surface area (Å²) in [6.07, 6.45) is 1.90. The number of fused-ring (bicyclic) bond motifs is 7. The van der Waals surface area contributed by atoms with Gasteiger partial charge < -0.3 is 8.83 Å². The molecule has 0 aliphatic carbocycles. The van der Waals surface area contributed by atoms with Crippen LogP contribution in [0.25, 0.3) is 77.4 Å². The lowest BCUT2D eigenvalue weighted by molar-refractivity contribution is 0.633. The topological polar surface area (TPSA) is 39.2 Å². The van der Waals surface area contributed by atoms with Crippen molar-refractivity contribution >= 4 is 43.9 Å². The molecule has 0 spiro atoms. The molecule has 0 radical (unpaired) electrons. The van der Waals surface area contributed by atoms with Crippen LogP contribution in [-0.4, -0.2) is 4.98 Å². The molecule has 0 aliphatic rings. The van der Waals surface area contributed by atoms with Crippen LogP contribution in [0.3, 0.4) is 0 Å². The van der Waals surface area contributed by atoms with E-state index >= 15 is 0 Å². The number of hydrogen-bond donors (Lipinski definition) is 0. The number of aromatic nitrogens is 1. The van der Waals surface area contributed by atoms with Gasteiger partial charge in [0.25, 0.3) is 0 Å². The summed E-state index contributed by atoms with van der Waals surface area (Å²) in [7, 11) is 0. The average molecular weight is 488 g/mol. The molecule has 0 saturated carbocycles. The molecule has 38 heavy (non-hydrogen) atoms. The zero-order valence-electron chi connectivity index (χ0n) is 20.4. The summed E-state index contributed by atoms with van der Waals surface area (Å²) in [6.45, 7) is 0. The Morgan fingerprint density at radius 2 is 0.947 bits per heavy atom. The van der Waals surface area contributed by atoms with E-state index in [1.165, 1.54) is 0 Å². The first-order chi connectivity index (χ1) is 18.9. The van der Waals surface area contributed by atoms with Gasteiger partial charge in [0.2, 0.25) is 0 Å². The van der Waals surface area contributed by atoms with E-state index in [2.05, 4.69) is 78.9 Å². The Balaban J connectivity index is 1.62. The molecule has 0 saturated heterocycles. The maximum Gasteiger partial charge on any atom is 0.179 e. The number of rotatable bonds is 3. The molecule has 8 aromatic rings. The van der Waals surface area contributed by atoms with Crippen molar-refractivity contribution in [3.63, 3.8) is 0 Å². The Hall–Kier alpha value is -5.15. The van der Waals surface area contributed by atoms with Crippen molar-refractivity contribution < 1.29 is 8.83 Å². The minimum absolute atomic E-state index is 0.769. The van der Waals surface area contributed by atoms with Crippen molar-refractivity contribution in [2.45, 2.75) is 0 Å². The first-order valence-corrected chi connectivity index (χ1v) is 12.7. The SMILES string of the molecule is c1ccc(-c2cc(-c3c(-c4ccccc4)c4c5ccccc5oc4c4oc5ccccc5c34)ccn2)cc1. The van der Waals surface area contributed by atoms with Gasteiger partial charge in [0.15, 0.2) is 11.2 Å². The second-order valence-corrected chi connectivity index (χ2v) is 9.52. The fourth-order valence-electron chi connectivity index (χ4n) is 5.69. The monoisotopic (exact) mass is 487 g/mol. The molecule has 3 heteroatoms. The molecule has 8 rings (SSSR count). The molecular formula is C35H21NO2. The fourth-order valence-corrected chi connectivity index (χ4v) is 5.69. The van der Waals surface area contributed by atoms with Crippen LogP contribution < -0.4 is 0 Å². The van der Waals surface area contributed by atoms with Crippen LogP contribution in [0.2, 0.25) is 0 Å². The van der Waals surface area contributed by atoms with Crippen LogP contribution in [0.5, 0.6) is 0 Å². The van der Waals surface area contributed by atoms with Crippen molar-refractivity contribution in [3.8, 4) is 33.5 Å². The number of hydrogen-bond acceptors (Lipinski definition) is 3. The van der Waals surface area contributed by atoms with Crippen LogP contribution in [-0.2, 0) is 0 Å². The summed E-state index contributed by atoms with van der Waals surface area (Å²) in [5.74, 6) is 0. The molecule has 0 atom stereocenters. The van der Waals surface area contributed by atoms with E-state index in [1.54, 1.807) is 0 Å². The predicted molar refractivity (Wildman–Crippen MR) is 155 cm³/mol. The third kappa shape index (κ3) is 3.06. The van der Waals surface area contributed by atoms with Gasteiger partial charge in [0.1, 0.15) is 11.2 Å². The van der Waals surface area contributed by atoms with Gasteiger partial charge in [-0.05, 0) is 35.4 Å². The van der Waals surface area contributed by atoms with Gasteiger partial charge in [0, 0.05) is 44.4 Å². The van der Waals surface area contributed by atoms with Crippen LogP contribution >= 0.6 is 0 Å². The molecule has 0 unspecified atom stereocenters. The Bertz CT molecular complexity index is 2120. The van der Waals surface area contributed by atoms with Crippen LogP contribution in [0.15, 0.2) is 136 Å². The molecule has 0 fully saturated rings. The summed E-state index contributed by atoms with van der Waals surface area (Å²) in [5, 5.41) is 4.25. The Morgan fingerprint density at radius 1 is 0.447 bits per heavy atom. The highest BCUT2D eigenvalue weighted by atomic mass is 16.4. The maximum atomic E-state index is 6.55. The first kappa shape index (κ1) is 21.0. The van der Waals surface area contributed by atoms with Gasteiger partial charge in [-0.15, -0.1) is 0 Å². The van der Waals surface area contributed by atoms with Gasteiger partial charge in [-0.3, -0.25) is 4.98 Å². The van der Waals surface area contributed by atoms with Crippen LogP contribution in [0, 0.1) is 0 Å². The molecular weight excluding hydrogens is 466 g/mol. The van der Waals surface area contributed by atoms with Crippen LogP contribution in [0.1, 0.15) is 0 Å². The maximum absolute atomic E-state index is 6.55. The summed E-state index contributed by atoms with van der Waals surface area (Å²) in [5.41, 5.74) is 9.71. The fraction of sp³-hybridized carbons (Fsp3) is 0. The van der Waals surface area contributed by atoms with E-state index in [0.29, 0.717) is 0 Å². The lowest BCUT2D eigenvalue weighted by atomic mass is 9.87. The lowest BCUT2D eigenvalue weighted by Crippen LogP contribution is -1.91. The number of pyridine rings is 1. The molecule has 3 aromatic heterocycles. The molecule has 0 N–H and O–H groups in total. The predicted octanol–water partition coefficient (Wildman–Crippen LogP) is 9.88. The summed E-state index contributed by atoms with van der Waals surface area (Å²) < 4.78 is 13.1. The minimum atomic E-state index is 0.769. The van der Waals surface area contributed by atoms with Crippen molar-refractivity contribution in [2.75, 3.05) is 0 Å². The third-order valence-corrected chi connectivity index (χ3v) is 7.33. The van der Waals surface area contributed by atoms with E-state index in [0.717, 1.165) is 77.4 Å². The summed E-state index contributed by atoms with van der Waals surface area (Å²) in [4.78, 5) is 4.73. The zero-order valence-corrected chi connectivity index (χ0v) is 20.4. The Labute approximate surface area is 218 Å². The van der Waals surface area contributed by atoms with Crippen LogP contribution in [0.4, 0.5) is 0 Å². The largest absolute Gasteiger partial charge is 0.452 e. The first-order valence-electron chi connectivity index (χ1n) is 12.7. The van der Waals surface area contributed by atoms with Gasteiger partial charge in [-0.1, -0.05) is 97.1 Å². The Morgan fingerprint density at radius 3 is 1.55 bits per heavy atom. The van der Waals surface area contributed by atoms with Gasteiger partial charge in [0.05, 0.1) is 5.69 Å². The average Bonchev–Trinajstić information content (AvgIpc) is 3.57. The Kier molecular flexibility index (Phi) is 4.52. The van der Waals surface area contributed by atoms with E-state index in [4.69, 9.17) is 13.8 Å². The van der Waals surface area contributed by atoms with Crippen molar-refractivity contribution in [3.05, 3.63) is 128 Å². The molecule has 178 valence electrons. The number of furan rings is 2. The van der Waals surface area contributed by atoms with E-state index in [-0.39, 0.29) is 0 Å². The summed E-state index contributed by atoms with van der Waals surface area (Å²) >= 11 is 0. The smallest absolute Gasteiger partial charge is 0.179 e. The highest BCUT2D eigenvalue weighted by molar-refractivity contribution is 6.30. The molecule has 0 amide bonds. The standard InChI is InChI=1S/C35H21NO2/c1-3-11-22(12-4-1)27-21-24(19-20-36-27)31-30(23-13-5-2-6-14-23)32-25-15-7-9-17-28(25)37-34(32)35-33(31)26-16-8-10-18-29(26)38-35/h1-21H. The van der Waals surface area contributed by atoms with Crippen molar-refractivity contribution in [2.24, 2.45) is 0 Å². The van der Waals surface area contributed by atoms with Crippen molar-refractivity contribution in [1.82, 2.24) is 4.98 Å². The number of benzene rings is 5. The molecule has 5 aromatic carbocycles. The van der Waals surface area contributed by atoms with Gasteiger partial charge in [-0.2, -0.15) is 0 Å². The zero-order chi connectivity index (χ0) is 25.1. The third-order valence-electron chi connectivity index (χ3n) is 7.33. The molecule has 0 bridgehead atoms. The number of nitrogens with zero attached hydrogens (tertiary/aromatic N) is 1. The molecule has 3 heterocycles. The second kappa shape index (κ2) is 8.19. The van der Waals surface area contributed by atoms with E-state index in [9.17, 15) is 0 Å². The van der Waals surface area contributed by atoms with E-state index < -0.39 is 0 Å². The highest BCUT2D eigenvalue weighted by Crippen LogP contribution is 2.50. The minimum Gasteiger partial charge on any atom is -0.452 e. The number of para-hydroxylation sites is 2.